The Balaban J connectivity index is 1.68. The monoisotopic (exact) mass is 390 g/mol. The predicted octanol–water partition coefficient (Wildman–Crippen LogP) is 0.644. The maximum Gasteiger partial charge on any atom is 0.278 e. The minimum absolute atomic E-state index is 0.0395. The number of rotatable bonds is 6. The second-order valence-electron chi connectivity index (χ2n) is 7.08. The lowest BCUT2D eigenvalue weighted by molar-refractivity contribution is -0.917. The number of hydrogen-bond acceptors (Lipinski definition) is 3. The van der Waals surface area contributed by atoms with Crippen LogP contribution in [0.15, 0.2) is 47.4 Å². The van der Waals surface area contributed by atoms with Crippen LogP contribution in [-0.4, -0.2) is 57.4 Å². The van der Waals surface area contributed by atoms with Crippen molar-refractivity contribution in [2.45, 2.75) is 31.2 Å². The molecule has 2 aromatic carbocycles. The number of nitrogens with zero attached hydrogens (tertiary/aromatic N) is 1. The van der Waals surface area contributed by atoms with Gasteiger partial charge in [0.05, 0.1) is 31.1 Å². The van der Waals surface area contributed by atoms with Gasteiger partial charge in [0.25, 0.3) is 5.91 Å². The van der Waals surface area contributed by atoms with Crippen LogP contribution in [0.1, 0.15) is 20.3 Å². The molecule has 0 aromatic heterocycles. The molecule has 2 N–H and O–H groups in total. The number of carbonyl (C=O) groups is 1. The molecule has 1 heterocycles. The van der Waals surface area contributed by atoms with Gasteiger partial charge in [0.15, 0.2) is 6.04 Å². The first kappa shape index (κ1) is 19.8. The van der Waals surface area contributed by atoms with Crippen molar-refractivity contribution in [2.75, 3.05) is 32.7 Å². The van der Waals surface area contributed by atoms with Crippen LogP contribution >= 0.6 is 0 Å². The Kier molecular flexibility index (Phi) is 6.14. The Morgan fingerprint density at radius 1 is 1.15 bits per heavy atom. The Morgan fingerprint density at radius 2 is 1.81 bits per heavy atom. The molecule has 2 aromatic rings. The van der Waals surface area contributed by atoms with Gasteiger partial charge < -0.3 is 10.2 Å². The molecule has 0 radical (unpaired) electrons. The molecule has 1 atom stereocenters. The van der Waals surface area contributed by atoms with Crippen LogP contribution in [0.4, 0.5) is 0 Å². The van der Waals surface area contributed by atoms with E-state index < -0.39 is 10.0 Å². The zero-order valence-corrected chi connectivity index (χ0v) is 16.8. The van der Waals surface area contributed by atoms with E-state index in [1.165, 1.54) is 4.31 Å². The first-order valence-corrected chi connectivity index (χ1v) is 11.0. The van der Waals surface area contributed by atoms with Crippen molar-refractivity contribution in [3.05, 3.63) is 42.5 Å². The molecule has 146 valence electrons. The molecule has 1 aliphatic rings. The van der Waals surface area contributed by atoms with Crippen molar-refractivity contribution < 1.29 is 18.1 Å². The second-order valence-corrected chi connectivity index (χ2v) is 9.02. The van der Waals surface area contributed by atoms with Crippen LogP contribution in [0.5, 0.6) is 0 Å². The van der Waals surface area contributed by atoms with E-state index in [0.29, 0.717) is 37.6 Å². The number of nitrogens with one attached hydrogen (secondary N) is 2. The lowest BCUT2D eigenvalue weighted by Crippen LogP contribution is -3.19. The highest BCUT2D eigenvalue weighted by molar-refractivity contribution is 7.89. The number of benzene rings is 2. The molecule has 6 nitrogen and oxygen atoms in total. The molecule has 0 aliphatic carbocycles. The molecule has 1 fully saturated rings. The van der Waals surface area contributed by atoms with Gasteiger partial charge in [-0.3, -0.25) is 4.79 Å². The maximum atomic E-state index is 13.0. The second kappa shape index (κ2) is 8.37. The summed E-state index contributed by atoms with van der Waals surface area (Å²) in [6.45, 7) is 6.73. The molecule has 0 unspecified atom stereocenters. The normalized spacial score (nSPS) is 17.7. The summed E-state index contributed by atoms with van der Waals surface area (Å²) in [7, 11) is -3.52. The predicted molar refractivity (Wildman–Crippen MR) is 106 cm³/mol. The first-order chi connectivity index (χ1) is 12.9. The first-order valence-electron chi connectivity index (χ1n) is 9.54. The summed E-state index contributed by atoms with van der Waals surface area (Å²) in [4.78, 5) is 13.6. The van der Waals surface area contributed by atoms with Gasteiger partial charge in [-0.25, -0.2) is 8.42 Å². The number of piperazine rings is 1. The lowest BCUT2D eigenvalue weighted by Gasteiger charge is -2.34. The molecular formula is C20H28N3O3S+. The quantitative estimate of drug-likeness (QED) is 0.761. The van der Waals surface area contributed by atoms with Crippen LogP contribution in [0.25, 0.3) is 10.8 Å². The third kappa shape index (κ3) is 4.31. The van der Waals surface area contributed by atoms with Crippen molar-refractivity contribution in [1.29, 1.82) is 0 Å². The molecular weight excluding hydrogens is 362 g/mol. The number of quaternary nitrogens is 1. The zero-order valence-electron chi connectivity index (χ0n) is 15.9. The highest BCUT2D eigenvalue weighted by atomic mass is 32.2. The average molecular weight is 391 g/mol. The largest absolute Gasteiger partial charge is 0.351 e. The van der Waals surface area contributed by atoms with E-state index in [1.54, 1.807) is 12.1 Å². The summed E-state index contributed by atoms with van der Waals surface area (Å²) in [6, 6.07) is 12.8. The Bertz CT molecular complexity index is 906. The summed E-state index contributed by atoms with van der Waals surface area (Å²) >= 11 is 0. The number of amides is 1. The number of sulfonamides is 1. The van der Waals surface area contributed by atoms with Gasteiger partial charge in [-0.15, -0.1) is 0 Å². The van der Waals surface area contributed by atoms with E-state index in [4.69, 9.17) is 0 Å². The third-order valence-electron chi connectivity index (χ3n) is 5.28. The molecule has 0 bridgehead atoms. The van der Waals surface area contributed by atoms with Crippen molar-refractivity contribution in [2.24, 2.45) is 0 Å². The maximum absolute atomic E-state index is 13.0. The third-order valence-corrected chi connectivity index (χ3v) is 7.17. The average Bonchev–Trinajstić information content (AvgIpc) is 2.71. The van der Waals surface area contributed by atoms with Gasteiger partial charge in [-0.2, -0.15) is 4.31 Å². The molecule has 1 aliphatic heterocycles. The van der Waals surface area contributed by atoms with Crippen molar-refractivity contribution in [1.82, 2.24) is 9.62 Å². The molecule has 0 saturated carbocycles. The highest BCUT2D eigenvalue weighted by Crippen LogP contribution is 2.21. The van der Waals surface area contributed by atoms with E-state index in [2.05, 4.69) is 5.32 Å². The van der Waals surface area contributed by atoms with E-state index in [9.17, 15) is 13.2 Å². The summed E-state index contributed by atoms with van der Waals surface area (Å²) < 4.78 is 27.6. The summed E-state index contributed by atoms with van der Waals surface area (Å²) in [5.41, 5.74) is 0. The van der Waals surface area contributed by atoms with Gasteiger partial charge in [-0.1, -0.05) is 37.3 Å². The standard InChI is InChI=1S/C20H27N3O3S/c1-3-10-21-20(24)16(2)22-11-13-23(14-12-22)27(25,26)19-9-8-17-6-4-5-7-18(17)15-19/h4-9,15-16H,3,10-14H2,1-2H3,(H,21,24)/p+1/t16-/m0/s1. The van der Waals surface area contributed by atoms with Crippen LogP contribution < -0.4 is 10.2 Å². The molecule has 1 saturated heterocycles. The van der Waals surface area contributed by atoms with Crippen LogP contribution in [0, 0.1) is 0 Å². The molecule has 27 heavy (non-hydrogen) atoms. The number of fused-ring (bicyclic) bond motifs is 1. The number of carbonyl (C=O) groups excluding carboxylic acids is 1. The van der Waals surface area contributed by atoms with Gasteiger partial charge in [0.1, 0.15) is 0 Å². The van der Waals surface area contributed by atoms with Crippen LogP contribution in [0.2, 0.25) is 0 Å². The Labute approximate surface area is 161 Å². The topological polar surface area (TPSA) is 70.9 Å². The minimum atomic E-state index is -3.52. The fourth-order valence-electron chi connectivity index (χ4n) is 3.51. The SMILES string of the molecule is CCCNC(=O)[C@H](C)[NH+]1CCN(S(=O)(=O)c2ccc3ccccc3c2)CC1. The van der Waals surface area contributed by atoms with E-state index >= 15 is 0 Å². The molecule has 7 heteroatoms. The van der Waals surface area contributed by atoms with E-state index in [-0.39, 0.29) is 11.9 Å². The highest BCUT2D eigenvalue weighted by Gasteiger charge is 2.34. The van der Waals surface area contributed by atoms with Gasteiger partial charge >= 0.3 is 0 Å². The molecule has 3 rings (SSSR count). The van der Waals surface area contributed by atoms with Crippen LogP contribution in [0.3, 0.4) is 0 Å². The zero-order chi connectivity index (χ0) is 19.4. The summed E-state index contributed by atoms with van der Waals surface area (Å²) in [5, 5.41) is 4.87. The van der Waals surface area contributed by atoms with Crippen molar-refractivity contribution in [3.63, 3.8) is 0 Å². The fraction of sp³-hybridized carbons (Fsp3) is 0.450. The fourth-order valence-corrected chi connectivity index (χ4v) is 4.99. The molecule has 0 spiro atoms. The number of hydrogen-bond donors (Lipinski definition) is 2. The Hall–Kier alpha value is -1.96. The van der Waals surface area contributed by atoms with Crippen molar-refractivity contribution in [3.8, 4) is 0 Å². The van der Waals surface area contributed by atoms with Gasteiger partial charge in [0, 0.05) is 6.54 Å². The van der Waals surface area contributed by atoms with Gasteiger partial charge in [-0.05, 0) is 36.2 Å². The van der Waals surface area contributed by atoms with E-state index in [1.807, 2.05) is 44.2 Å². The van der Waals surface area contributed by atoms with Crippen molar-refractivity contribution >= 4 is 26.7 Å². The summed E-state index contributed by atoms with van der Waals surface area (Å²) in [6.07, 6.45) is 0.908. The van der Waals surface area contributed by atoms with Crippen LogP contribution in [-0.2, 0) is 14.8 Å². The smallest absolute Gasteiger partial charge is 0.278 e. The summed E-state index contributed by atoms with van der Waals surface area (Å²) in [5.74, 6) is 0.0395. The van der Waals surface area contributed by atoms with E-state index in [0.717, 1.165) is 22.1 Å². The minimum Gasteiger partial charge on any atom is -0.351 e. The lowest BCUT2D eigenvalue weighted by atomic mass is 10.1. The molecule has 1 amide bonds. The Morgan fingerprint density at radius 3 is 2.48 bits per heavy atom. The van der Waals surface area contributed by atoms with Gasteiger partial charge in [0.2, 0.25) is 10.0 Å².